The van der Waals surface area contributed by atoms with Crippen molar-refractivity contribution in [3.63, 3.8) is 0 Å². The third-order valence-corrected chi connectivity index (χ3v) is 4.09. The molecular weight excluding hydrogens is 293 g/mol. The number of likely N-dealkylation sites (tertiary alicyclic amines) is 1. The van der Waals surface area contributed by atoms with Gasteiger partial charge in [-0.1, -0.05) is 11.6 Å². The Morgan fingerprint density at radius 1 is 1.43 bits per heavy atom. The second kappa shape index (κ2) is 7.73. The fraction of sp³-hybridized carbons (Fsp3) is 0.533. The van der Waals surface area contributed by atoms with E-state index in [1.54, 1.807) is 6.07 Å². The summed E-state index contributed by atoms with van der Waals surface area (Å²) in [6, 6.07) is 4.22. The van der Waals surface area contributed by atoms with Crippen molar-refractivity contribution in [1.29, 1.82) is 0 Å². The molecule has 1 amide bonds. The van der Waals surface area contributed by atoms with Crippen molar-refractivity contribution in [2.75, 3.05) is 31.5 Å². The van der Waals surface area contributed by atoms with Crippen LogP contribution < -0.4 is 11.1 Å². The maximum Gasteiger partial charge on any atom is 0.238 e. The zero-order valence-electron chi connectivity index (χ0n) is 11.9. The molecule has 0 atom stereocenters. The van der Waals surface area contributed by atoms with Crippen molar-refractivity contribution in [1.82, 2.24) is 4.90 Å². The Kier molecular flexibility index (Phi) is 5.96. The number of benzene rings is 1. The summed E-state index contributed by atoms with van der Waals surface area (Å²) in [5, 5.41) is 2.90. The van der Waals surface area contributed by atoms with Crippen LogP contribution in [0.15, 0.2) is 18.2 Å². The highest BCUT2D eigenvalue weighted by atomic mass is 35.5. The predicted octanol–water partition coefficient (Wildman–Crippen LogP) is 2.48. The van der Waals surface area contributed by atoms with Gasteiger partial charge in [-0.3, -0.25) is 9.69 Å². The van der Waals surface area contributed by atoms with Crippen molar-refractivity contribution in [3.8, 4) is 0 Å². The molecule has 1 saturated heterocycles. The van der Waals surface area contributed by atoms with Crippen LogP contribution in [0.3, 0.4) is 0 Å². The highest BCUT2D eigenvalue weighted by Gasteiger charge is 2.20. The Hall–Kier alpha value is -1.17. The maximum atomic E-state index is 13.6. The first-order chi connectivity index (χ1) is 10.1. The normalized spacial score (nSPS) is 16.9. The molecule has 3 N–H and O–H groups in total. The van der Waals surface area contributed by atoms with Crippen LogP contribution in [0.2, 0.25) is 5.02 Å². The molecule has 0 bridgehead atoms. The molecule has 1 aliphatic rings. The van der Waals surface area contributed by atoms with Gasteiger partial charge in [-0.25, -0.2) is 4.39 Å². The summed E-state index contributed by atoms with van der Waals surface area (Å²) in [6.07, 6.45) is 3.19. The number of anilines is 1. The quantitative estimate of drug-likeness (QED) is 0.878. The summed E-state index contributed by atoms with van der Waals surface area (Å²) in [5.74, 6) is -0.0472. The smallest absolute Gasteiger partial charge is 0.238 e. The van der Waals surface area contributed by atoms with E-state index < -0.39 is 5.82 Å². The molecule has 0 unspecified atom stereocenters. The topological polar surface area (TPSA) is 58.4 Å². The summed E-state index contributed by atoms with van der Waals surface area (Å²) in [6.45, 7) is 2.79. The molecule has 0 saturated carbocycles. The Bertz CT molecular complexity index is 490. The van der Waals surface area contributed by atoms with E-state index in [1.165, 1.54) is 12.1 Å². The zero-order valence-corrected chi connectivity index (χ0v) is 12.7. The summed E-state index contributed by atoms with van der Waals surface area (Å²) >= 11 is 5.68. The molecule has 1 fully saturated rings. The number of nitrogens with zero attached hydrogens (tertiary/aromatic N) is 1. The van der Waals surface area contributed by atoms with E-state index in [0.29, 0.717) is 10.9 Å². The van der Waals surface area contributed by atoms with E-state index >= 15 is 0 Å². The molecule has 21 heavy (non-hydrogen) atoms. The molecule has 0 radical (unpaired) electrons. The van der Waals surface area contributed by atoms with Crippen LogP contribution in [-0.2, 0) is 4.79 Å². The Morgan fingerprint density at radius 2 is 2.14 bits per heavy atom. The number of piperidine rings is 1. The summed E-state index contributed by atoms with van der Waals surface area (Å²) < 4.78 is 13.6. The highest BCUT2D eigenvalue weighted by Crippen LogP contribution is 2.21. The fourth-order valence-corrected chi connectivity index (χ4v) is 2.81. The van der Waals surface area contributed by atoms with Crippen LogP contribution >= 0.6 is 11.6 Å². The number of amides is 1. The van der Waals surface area contributed by atoms with Gasteiger partial charge in [0.15, 0.2) is 0 Å². The average molecular weight is 314 g/mol. The number of nitrogens with one attached hydrogen (secondary N) is 1. The van der Waals surface area contributed by atoms with Crippen molar-refractivity contribution >= 4 is 23.2 Å². The summed E-state index contributed by atoms with van der Waals surface area (Å²) in [4.78, 5) is 14.0. The average Bonchev–Trinajstić information content (AvgIpc) is 2.44. The molecule has 4 nitrogen and oxygen atoms in total. The minimum absolute atomic E-state index is 0.169. The molecular formula is C15H21ClFN3O. The number of hydrogen-bond acceptors (Lipinski definition) is 3. The third kappa shape index (κ3) is 4.95. The number of carbonyl (C=O) groups excluding carboxylic acids is 1. The molecule has 6 heteroatoms. The molecule has 1 aromatic carbocycles. The minimum atomic E-state index is -0.516. The van der Waals surface area contributed by atoms with E-state index in [4.69, 9.17) is 17.3 Å². The van der Waals surface area contributed by atoms with Crippen LogP contribution in [0.4, 0.5) is 10.1 Å². The first-order valence-corrected chi connectivity index (χ1v) is 7.63. The van der Waals surface area contributed by atoms with Gasteiger partial charge in [0.1, 0.15) is 5.82 Å². The monoisotopic (exact) mass is 313 g/mol. The van der Waals surface area contributed by atoms with E-state index in [-0.39, 0.29) is 18.1 Å². The first kappa shape index (κ1) is 16.2. The standard InChI is InChI=1S/C15H21ClFN3O/c16-12-1-2-14(13(17)9-12)19-15(21)10-20-7-4-11(3-6-18)5-8-20/h1-2,9,11H,3-8,10,18H2,(H,19,21). The lowest BCUT2D eigenvalue weighted by Crippen LogP contribution is -2.39. The second-order valence-electron chi connectivity index (χ2n) is 5.47. The van der Waals surface area contributed by atoms with E-state index in [9.17, 15) is 9.18 Å². The molecule has 1 aliphatic heterocycles. The molecule has 0 aromatic heterocycles. The Labute approximate surface area is 129 Å². The van der Waals surface area contributed by atoms with Gasteiger partial charge >= 0.3 is 0 Å². The number of hydrogen-bond donors (Lipinski definition) is 2. The highest BCUT2D eigenvalue weighted by molar-refractivity contribution is 6.30. The SMILES string of the molecule is NCCC1CCN(CC(=O)Nc2ccc(Cl)cc2F)CC1. The minimum Gasteiger partial charge on any atom is -0.330 e. The largest absolute Gasteiger partial charge is 0.330 e. The predicted molar refractivity (Wildman–Crippen MR) is 82.9 cm³/mol. The lowest BCUT2D eigenvalue weighted by Gasteiger charge is -2.31. The van der Waals surface area contributed by atoms with Gasteiger partial charge in [0, 0.05) is 5.02 Å². The van der Waals surface area contributed by atoms with Gasteiger partial charge in [0.2, 0.25) is 5.91 Å². The van der Waals surface area contributed by atoms with Gasteiger partial charge in [-0.05, 0) is 63.0 Å². The van der Waals surface area contributed by atoms with Crippen molar-refractivity contribution in [2.45, 2.75) is 19.3 Å². The Balaban J connectivity index is 1.80. The van der Waals surface area contributed by atoms with Gasteiger partial charge in [0.05, 0.1) is 12.2 Å². The summed E-state index contributed by atoms with van der Waals surface area (Å²) in [5.41, 5.74) is 5.73. The van der Waals surface area contributed by atoms with Crippen molar-refractivity contribution in [3.05, 3.63) is 29.0 Å². The van der Waals surface area contributed by atoms with Crippen LogP contribution in [0, 0.1) is 11.7 Å². The molecule has 116 valence electrons. The van der Waals surface area contributed by atoms with Crippen molar-refractivity contribution < 1.29 is 9.18 Å². The molecule has 0 aliphatic carbocycles. The molecule has 1 heterocycles. The van der Waals surface area contributed by atoms with Crippen LogP contribution in [-0.4, -0.2) is 37.0 Å². The number of carbonyl (C=O) groups is 1. The molecule has 1 aromatic rings. The molecule has 0 spiro atoms. The Morgan fingerprint density at radius 3 is 2.76 bits per heavy atom. The lowest BCUT2D eigenvalue weighted by molar-refractivity contribution is -0.117. The van der Waals surface area contributed by atoms with E-state index in [0.717, 1.165) is 38.9 Å². The van der Waals surface area contributed by atoms with Crippen LogP contribution in [0.25, 0.3) is 0 Å². The number of nitrogens with two attached hydrogens (primary N) is 1. The zero-order chi connectivity index (χ0) is 15.2. The fourth-order valence-electron chi connectivity index (χ4n) is 2.65. The lowest BCUT2D eigenvalue weighted by atomic mass is 9.94. The molecule has 2 rings (SSSR count). The van der Waals surface area contributed by atoms with Crippen molar-refractivity contribution in [2.24, 2.45) is 11.7 Å². The summed E-state index contributed by atoms with van der Waals surface area (Å²) in [7, 11) is 0. The van der Waals surface area contributed by atoms with Crippen LogP contribution in [0.5, 0.6) is 0 Å². The third-order valence-electron chi connectivity index (χ3n) is 3.85. The van der Waals surface area contributed by atoms with Gasteiger partial charge in [-0.2, -0.15) is 0 Å². The van der Waals surface area contributed by atoms with Gasteiger partial charge in [-0.15, -0.1) is 0 Å². The first-order valence-electron chi connectivity index (χ1n) is 7.26. The van der Waals surface area contributed by atoms with E-state index in [2.05, 4.69) is 10.2 Å². The van der Waals surface area contributed by atoms with Crippen LogP contribution in [0.1, 0.15) is 19.3 Å². The van der Waals surface area contributed by atoms with E-state index in [1.807, 2.05) is 0 Å². The van der Waals surface area contributed by atoms with Gasteiger partial charge in [0.25, 0.3) is 0 Å². The number of rotatable bonds is 5. The maximum absolute atomic E-state index is 13.6. The second-order valence-corrected chi connectivity index (χ2v) is 5.91. The van der Waals surface area contributed by atoms with Gasteiger partial charge < -0.3 is 11.1 Å². The number of halogens is 2.